The van der Waals surface area contributed by atoms with Crippen molar-refractivity contribution in [3.05, 3.63) is 51.7 Å². The van der Waals surface area contributed by atoms with Crippen LogP contribution >= 0.6 is 0 Å². The number of nitrogen functional groups attached to an aromatic ring is 1. The fourth-order valence-electron chi connectivity index (χ4n) is 3.64. The van der Waals surface area contributed by atoms with E-state index in [4.69, 9.17) is 10.5 Å². The molecule has 1 saturated heterocycles. The van der Waals surface area contributed by atoms with E-state index in [-0.39, 0.29) is 5.69 Å². The van der Waals surface area contributed by atoms with Crippen LogP contribution in [0.25, 0.3) is 11.2 Å². The van der Waals surface area contributed by atoms with Crippen LogP contribution in [-0.2, 0) is 24.2 Å². The first-order valence-corrected chi connectivity index (χ1v) is 10.3. The Morgan fingerprint density at radius 2 is 1.79 bits per heavy atom. The molecule has 29 heavy (non-hydrogen) atoms. The zero-order valence-electron chi connectivity index (χ0n) is 16.9. The number of aromatic nitrogens is 4. The number of nitrogens with zero attached hydrogens (tertiary/aromatic N) is 4. The Bertz CT molecular complexity index is 1020. The summed E-state index contributed by atoms with van der Waals surface area (Å²) < 4.78 is 7.04. The lowest BCUT2D eigenvalue weighted by Gasteiger charge is -2.26. The van der Waals surface area contributed by atoms with Gasteiger partial charge in [-0.2, -0.15) is 0 Å². The van der Waals surface area contributed by atoms with E-state index in [1.54, 1.807) is 4.57 Å². The van der Waals surface area contributed by atoms with E-state index in [1.165, 1.54) is 5.56 Å². The van der Waals surface area contributed by atoms with Crippen LogP contribution in [0.15, 0.2) is 29.1 Å². The van der Waals surface area contributed by atoms with E-state index in [2.05, 4.69) is 51.0 Å². The van der Waals surface area contributed by atoms with E-state index >= 15 is 0 Å². The van der Waals surface area contributed by atoms with Crippen molar-refractivity contribution in [2.24, 2.45) is 0 Å². The molecule has 8 heteroatoms. The molecule has 1 aromatic carbocycles. The minimum atomic E-state index is -0.217. The number of benzene rings is 1. The van der Waals surface area contributed by atoms with Crippen LogP contribution in [0.2, 0.25) is 0 Å². The lowest BCUT2D eigenvalue weighted by atomic mass is 10.1. The van der Waals surface area contributed by atoms with Crippen LogP contribution in [0.5, 0.6) is 0 Å². The number of aromatic amines is 1. The van der Waals surface area contributed by atoms with E-state index in [0.29, 0.717) is 29.4 Å². The highest BCUT2D eigenvalue weighted by molar-refractivity contribution is 5.81. The molecule has 154 valence electrons. The van der Waals surface area contributed by atoms with Crippen LogP contribution in [0.4, 0.5) is 5.82 Å². The number of aryl methyl sites for hydroxylation is 1. The molecule has 0 radical (unpaired) electrons. The van der Waals surface area contributed by atoms with Gasteiger partial charge in [0.15, 0.2) is 11.5 Å². The molecule has 3 heterocycles. The van der Waals surface area contributed by atoms with Gasteiger partial charge in [-0.3, -0.25) is 9.47 Å². The predicted molar refractivity (Wildman–Crippen MR) is 113 cm³/mol. The molecular formula is C21H28N6O2. The molecule has 0 saturated carbocycles. The Hall–Kier alpha value is -2.71. The Morgan fingerprint density at radius 3 is 2.48 bits per heavy atom. The third kappa shape index (κ3) is 4.49. The summed E-state index contributed by atoms with van der Waals surface area (Å²) in [4.78, 5) is 26.7. The average molecular weight is 396 g/mol. The van der Waals surface area contributed by atoms with E-state index in [9.17, 15) is 4.79 Å². The topological polar surface area (TPSA) is 102 Å². The van der Waals surface area contributed by atoms with Crippen LogP contribution in [0, 0.1) is 0 Å². The van der Waals surface area contributed by atoms with Crippen molar-refractivity contribution in [3.63, 3.8) is 0 Å². The molecule has 0 atom stereocenters. The van der Waals surface area contributed by atoms with E-state index < -0.39 is 0 Å². The quantitative estimate of drug-likeness (QED) is 0.633. The van der Waals surface area contributed by atoms with Crippen LogP contribution in [0.3, 0.4) is 0 Å². The first-order valence-electron chi connectivity index (χ1n) is 10.3. The molecule has 0 amide bonds. The third-order valence-corrected chi connectivity index (χ3v) is 5.32. The van der Waals surface area contributed by atoms with Crippen molar-refractivity contribution >= 4 is 17.0 Å². The molecule has 0 aliphatic carbocycles. The Kier molecular flexibility index (Phi) is 5.92. The van der Waals surface area contributed by atoms with Gasteiger partial charge in [0.2, 0.25) is 0 Å². The second kappa shape index (κ2) is 8.75. The molecule has 1 aliphatic heterocycles. The highest BCUT2D eigenvalue weighted by atomic mass is 16.5. The molecule has 0 bridgehead atoms. The third-order valence-electron chi connectivity index (χ3n) is 5.32. The lowest BCUT2D eigenvalue weighted by molar-refractivity contribution is 0.0342. The zero-order chi connectivity index (χ0) is 20.2. The van der Waals surface area contributed by atoms with Gasteiger partial charge in [-0.15, -0.1) is 0 Å². The number of nitrogens with two attached hydrogens (primary N) is 1. The number of hydrogen-bond acceptors (Lipinski definition) is 6. The second-order valence-electron chi connectivity index (χ2n) is 7.55. The maximum Gasteiger partial charge on any atom is 0.328 e. The normalized spacial score (nSPS) is 15.2. The van der Waals surface area contributed by atoms with Gasteiger partial charge in [-0.05, 0) is 17.5 Å². The number of ether oxygens (including phenoxy) is 1. The summed E-state index contributed by atoms with van der Waals surface area (Å²) >= 11 is 0. The van der Waals surface area contributed by atoms with Gasteiger partial charge < -0.3 is 15.5 Å². The molecule has 3 N–H and O–H groups in total. The van der Waals surface area contributed by atoms with Gasteiger partial charge in [0, 0.05) is 26.1 Å². The summed E-state index contributed by atoms with van der Waals surface area (Å²) in [5, 5.41) is 0. The van der Waals surface area contributed by atoms with Crippen molar-refractivity contribution in [2.75, 3.05) is 32.0 Å². The smallest absolute Gasteiger partial charge is 0.328 e. The molecule has 0 unspecified atom stereocenters. The molecule has 1 aliphatic rings. The van der Waals surface area contributed by atoms with Gasteiger partial charge in [-0.25, -0.2) is 14.8 Å². The second-order valence-corrected chi connectivity index (χ2v) is 7.55. The van der Waals surface area contributed by atoms with Crippen LogP contribution < -0.4 is 11.4 Å². The molecule has 4 rings (SSSR count). The van der Waals surface area contributed by atoms with Gasteiger partial charge in [0.05, 0.1) is 19.8 Å². The summed E-state index contributed by atoms with van der Waals surface area (Å²) in [5.41, 5.74) is 9.24. The minimum Gasteiger partial charge on any atom is -0.382 e. The lowest BCUT2D eigenvalue weighted by Crippen LogP contribution is -2.35. The van der Waals surface area contributed by atoms with Gasteiger partial charge in [0.25, 0.3) is 0 Å². The minimum absolute atomic E-state index is 0.217. The summed E-state index contributed by atoms with van der Waals surface area (Å²) in [6.07, 6.45) is 2.80. The Labute approximate surface area is 169 Å². The number of hydrogen-bond donors (Lipinski definition) is 2. The average Bonchev–Trinajstić information content (AvgIpc) is 3.05. The van der Waals surface area contributed by atoms with Gasteiger partial charge >= 0.3 is 5.69 Å². The first kappa shape index (κ1) is 19.6. The largest absolute Gasteiger partial charge is 0.382 e. The Morgan fingerprint density at radius 1 is 1.10 bits per heavy atom. The Balaban J connectivity index is 1.54. The predicted octanol–water partition coefficient (Wildman–Crippen LogP) is 1.92. The maximum absolute atomic E-state index is 12.5. The van der Waals surface area contributed by atoms with Gasteiger partial charge in [-0.1, -0.05) is 37.6 Å². The number of morpholine rings is 1. The molecule has 2 aromatic heterocycles. The highest BCUT2D eigenvalue weighted by Crippen LogP contribution is 2.17. The van der Waals surface area contributed by atoms with Crippen molar-refractivity contribution in [1.29, 1.82) is 0 Å². The fraction of sp³-hybridized carbons (Fsp3) is 0.476. The van der Waals surface area contributed by atoms with Crippen molar-refractivity contribution < 1.29 is 4.74 Å². The molecule has 0 spiro atoms. The monoisotopic (exact) mass is 396 g/mol. The standard InChI is InChI=1S/C21H28N6O2/c1-2-3-4-17-23-19(22)18-20(24-17)27(21(28)25-18)14-16-7-5-15(6-8-16)13-26-9-11-29-12-10-26/h5-8H,2-4,9-14H2,1H3,(H,25,28)(H2,22,23,24). The summed E-state index contributed by atoms with van der Waals surface area (Å²) in [6, 6.07) is 8.40. The first-order chi connectivity index (χ1) is 14.1. The fourth-order valence-corrected chi connectivity index (χ4v) is 3.64. The molecular weight excluding hydrogens is 368 g/mol. The van der Waals surface area contributed by atoms with Crippen LogP contribution in [-0.4, -0.2) is 50.7 Å². The van der Waals surface area contributed by atoms with Crippen molar-refractivity contribution in [3.8, 4) is 0 Å². The molecule has 3 aromatic rings. The number of rotatable bonds is 7. The summed E-state index contributed by atoms with van der Waals surface area (Å²) in [7, 11) is 0. The maximum atomic E-state index is 12.5. The molecule has 1 fully saturated rings. The SMILES string of the molecule is CCCCc1nc(N)c2[nH]c(=O)n(Cc3ccc(CN4CCOCC4)cc3)c2n1. The number of unbranched alkanes of at least 4 members (excludes halogenated alkanes) is 1. The number of imidazole rings is 1. The van der Waals surface area contributed by atoms with Gasteiger partial charge in [0.1, 0.15) is 11.3 Å². The van der Waals surface area contributed by atoms with Crippen LogP contribution in [0.1, 0.15) is 36.7 Å². The number of nitrogens with one attached hydrogen (secondary N) is 1. The zero-order valence-corrected chi connectivity index (χ0v) is 16.9. The molecule has 8 nitrogen and oxygen atoms in total. The summed E-state index contributed by atoms with van der Waals surface area (Å²) in [5.74, 6) is 1.02. The van der Waals surface area contributed by atoms with Crippen molar-refractivity contribution in [1.82, 2.24) is 24.4 Å². The van der Waals surface area contributed by atoms with Crippen molar-refractivity contribution in [2.45, 2.75) is 39.3 Å². The number of H-pyrrole nitrogens is 1. The number of anilines is 1. The van der Waals surface area contributed by atoms with E-state index in [1.807, 2.05) is 0 Å². The summed E-state index contributed by atoms with van der Waals surface area (Å²) in [6.45, 7) is 7.01. The highest BCUT2D eigenvalue weighted by Gasteiger charge is 2.15. The van der Waals surface area contributed by atoms with E-state index in [0.717, 1.165) is 57.7 Å². The number of fused-ring (bicyclic) bond motifs is 1.